The van der Waals surface area contributed by atoms with Crippen molar-refractivity contribution < 1.29 is 4.79 Å². The summed E-state index contributed by atoms with van der Waals surface area (Å²) in [6.45, 7) is 1.92. The minimum absolute atomic E-state index is 0.211. The first kappa shape index (κ1) is 12.1. The molecule has 0 aliphatic carbocycles. The third-order valence-corrected chi connectivity index (χ3v) is 0.496. The fourth-order valence-electron chi connectivity index (χ4n) is 0.246. The predicted molar refractivity (Wildman–Crippen MR) is 43.7 cm³/mol. The monoisotopic (exact) mass is 146 g/mol. The number of hydrogen-bond donors (Lipinski definition) is 1. The summed E-state index contributed by atoms with van der Waals surface area (Å²) in [4.78, 5) is 11.8. The molecule has 2 N–H and O–H groups in total. The lowest BCUT2D eigenvalue weighted by atomic mass is 10.3. The molecule has 0 bridgehead atoms. The largest absolute Gasteiger partial charge is 0.370 e. The summed E-state index contributed by atoms with van der Waals surface area (Å²) in [6, 6.07) is 0. The van der Waals surface area contributed by atoms with Crippen LogP contribution in [0.4, 0.5) is 0 Å². The van der Waals surface area contributed by atoms with Crippen molar-refractivity contribution in [2.45, 2.75) is 19.8 Å². The van der Waals surface area contributed by atoms with Crippen molar-refractivity contribution in [1.29, 1.82) is 0 Å². The Balaban J connectivity index is 0. The van der Waals surface area contributed by atoms with E-state index in [1.807, 2.05) is 33.0 Å². The van der Waals surface area contributed by atoms with Gasteiger partial charge in [-0.25, -0.2) is 0 Å². The van der Waals surface area contributed by atoms with Crippen LogP contribution in [0, 0.1) is 0 Å². The smallest absolute Gasteiger partial charge is 0.217 e. The summed E-state index contributed by atoms with van der Waals surface area (Å²) < 4.78 is 0. The van der Waals surface area contributed by atoms with Gasteiger partial charge in [0, 0.05) is 6.42 Å². The second kappa shape index (κ2) is 8.43. The normalized spacial score (nSPS) is 8.50. The van der Waals surface area contributed by atoms with Gasteiger partial charge in [0.25, 0.3) is 0 Å². The quantitative estimate of drug-likeness (QED) is 0.615. The molecule has 0 atom stereocenters. The van der Waals surface area contributed by atoms with Gasteiger partial charge in [0.05, 0.1) is 0 Å². The zero-order valence-corrected chi connectivity index (χ0v) is 7.35. The van der Waals surface area contributed by atoms with Crippen LogP contribution < -0.4 is 5.73 Å². The Labute approximate surface area is 63.2 Å². The number of amides is 1. The van der Waals surface area contributed by atoms with E-state index >= 15 is 0 Å². The van der Waals surface area contributed by atoms with Gasteiger partial charge in [0.15, 0.2) is 0 Å². The third-order valence-electron chi connectivity index (χ3n) is 0.496. The van der Waals surface area contributed by atoms with E-state index in [0.29, 0.717) is 6.42 Å². The lowest BCUT2D eigenvalue weighted by Crippen LogP contribution is -2.08. The highest BCUT2D eigenvalue weighted by molar-refractivity contribution is 5.73. The summed E-state index contributed by atoms with van der Waals surface area (Å²) >= 11 is 0. The Hall–Kier alpha value is -0.570. The molecule has 0 aliphatic heterocycles. The van der Waals surface area contributed by atoms with Gasteiger partial charge >= 0.3 is 0 Å². The van der Waals surface area contributed by atoms with Crippen LogP contribution in [0.5, 0.6) is 0 Å². The highest BCUT2D eigenvalue weighted by atomic mass is 16.1. The van der Waals surface area contributed by atoms with Gasteiger partial charge in [-0.1, -0.05) is 6.92 Å². The van der Waals surface area contributed by atoms with Crippen LogP contribution in [0.15, 0.2) is 0 Å². The number of nitrogens with two attached hydrogens (primary N) is 1. The number of carbonyl (C=O) groups is 1. The molecule has 0 saturated carbocycles. The first-order valence-corrected chi connectivity index (χ1v) is 3.40. The van der Waals surface area contributed by atoms with Crippen LogP contribution in [0.25, 0.3) is 0 Å². The summed E-state index contributed by atoms with van der Waals surface area (Å²) in [7, 11) is 6.00. The van der Waals surface area contributed by atoms with Gasteiger partial charge in [0.1, 0.15) is 0 Å². The van der Waals surface area contributed by atoms with Gasteiger partial charge < -0.3 is 10.6 Å². The molecular formula is C7H18N2O. The maximum Gasteiger partial charge on any atom is 0.217 e. The average Bonchev–Trinajstić information content (AvgIpc) is 1.62. The standard InChI is InChI=1S/C4H9NO.C3H9N/c1-2-3-4(5)6;1-4(2)3/h2-3H2,1H3,(H2,5,6);1-3H3. The maximum absolute atomic E-state index is 9.82. The van der Waals surface area contributed by atoms with Crippen LogP contribution in [-0.4, -0.2) is 32.0 Å². The van der Waals surface area contributed by atoms with E-state index < -0.39 is 0 Å². The van der Waals surface area contributed by atoms with Crippen LogP contribution in [0.2, 0.25) is 0 Å². The summed E-state index contributed by atoms with van der Waals surface area (Å²) in [5, 5.41) is 0. The molecule has 0 heterocycles. The molecule has 0 saturated heterocycles. The van der Waals surface area contributed by atoms with E-state index in [1.165, 1.54) is 0 Å². The van der Waals surface area contributed by atoms with E-state index in [0.717, 1.165) is 6.42 Å². The molecule has 3 nitrogen and oxygen atoms in total. The lowest BCUT2D eigenvalue weighted by Gasteiger charge is -1.90. The van der Waals surface area contributed by atoms with Crippen molar-refractivity contribution in [3.8, 4) is 0 Å². The Morgan fingerprint density at radius 2 is 1.70 bits per heavy atom. The molecule has 0 fully saturated rings. The fourth-order valence-corrected chi connectivity index (χ4v) is 0.246. The molecule has 0 unspecified atom stereocenters. The Morgan fingerprint density at radius 1 is 1.40 bits per heavy atom. The molecule has 1 amide bonds. The SMILES string of the molecule is CCCC(N)=O.CN(C)C. The van der Waals surface area contributed by atoms with Crippen molar-refractivity contribution in [2.75, 3.05) is 21.1 Å². The molecule has 10 heavy (non-hydrogen) atoms. The number of carbonyl (C=O) groups excluding carboxylic acids is 1. The highest BCUT2D eigenvalue weighted by Crippen LogP contribution is 1.79. The number of rotatable bonds is 2. The second-order valence-corrected chi connectivity index (χ2v) is 2.56. The van der Waals surface area contributed by atoms with E-state index in [-0.39, 0.29) is 5.91 Å². The summed E-state index contributed by atoms with van der Waals surface area (Å²) in [5.74, 6) is -0.211. The van der Waals surface area contributed by atoms with Crippen molar-refractivity contribution >= 4 is 5.91 Å². The van der Waals surface area contributed by atoms with Gasteiger partial charge in [0.2, 0.25) is 5.91 Å². The Bertz CT molecular complexity index is 78.9. The van der Waals surface area contributed by atoms with E-state index in [4.69, 9.17) is 5.73 Å². The Morgan fingerprint density at radius 3 is 1.70 bits per heavy atom. The van der Waals surface area contributed by atoms with Crippen molar-refractivity contribution in [3.05, 3.63) is 0 Å². The molecule has 0 rings (SSSR count). The zero-order chi connectivity index (χ0) is 8.57. The maximum atomic E-state index is 9.82. The number of hydrogen-bond acceptors (Lipinski definition) is 2. The molecule has 0 radical (unpaired) electrons. The molecule has 62 valence electrons. The van der Waals surface area contributed by atoms with Gasteiger partial charge in [-0.15, -0.1) is 0 Å². The average molecular weight is 146 g/mol. The summed E-state index contributed by atoms with van der Waals surface area (Å²) in [6.07, 6.45) is 1.37. The summed E-state index contributed by atoms with van der Waals surface area (Å²) in [5.41, 5.74) is 4.76. The molecule has 3 heteroatoms. The van der Waals surface area contributed by atoms with Crippen LogP contribution in [-0.2, 0) is 4.79 Å². The molecule has 0 spiro atoms. The first-order chi connectivity index (χ1) is 4.50. The lowest BCUT2D eigenvalue weighted by molar-refractivity contribution is -0.118. The van der Waals surface area contributed by atoms with Crippen LogP contribution in [0.1, 0.15) is 19.8 Å². The second-order valence-electron chi connectivity index (χ2n) is 2.56. The number of nitrogens with zero attached hydrogens (tertiary/aromatic N) is 1. The molecule has 0 aromatic rings. The molecule has 0 aromatic heterocycles. The van der Waals surface area contributed by atoms with E-state index in [9.17, 15) is 4.79 Å². The van der Waals surface area contributed by atoms with Crippen molar-refractivity contribution in [3.63, 3.8) is 0 Å². The van der Waals surface area contributed by atoms with Crippen LogP contribution in [0.3, 0.4) is 0 Å². The Kier molecular flexibility index (Phi) is 10.2. The van der Waals surface area contributed by atoms with Gasteiger partial charge in [-0.2, -0.15) is 0 Å². The van der Waals surface area contributed by atoms with Gasteiger partial charge in [-0.05, 0) is 27.6 Å². The topological polar surface area (TPSA) is 46.3 Å². The van der Waals surface area contributed by atoms with Crippen LogP contribution >= 0.6 is 0 Å². The van der Waals surface area contributed by atoms with Crippen molar-refractivity contribution in [2.24, 2.45) is 5.73 Å². The molecule has 0 aromatic carbocycles. The number of primary amides is 1. The zero-order valence-electron chi connectivity index (χ0n) is 7.35. The molecule has 0 aliphatic rings. The van der Waals surface area contributed by atoms with E-state index in [2.05, 4.69) is 0 Å². The first-order valence-electron chi connectivity index (χ1n) is 3.40. The fraction of sp³-hybridized carbons (Fsp3) is 0.857. The molecular weight excluding hydrogens is 128 g/mol. The minimum atomic E-state index is -0.211. The van der Waals surface area contributed by atoms with Gasteiger partial charge in [-0.3, -0.25) is 4.79 Å². The van der Waals surface area contributed by atoms with E-state index in [1.54, 1.807) is 0 Å². The highest BCUT2D eigenvalue weighted by Gasteiger charge is 1.84. The third kappa shape index (κ3) is 52.0. The predicted octanol–water partition coefficient (Wildman–Crippen LogP) is 0.450. The van der Waals surface area contributed by atoms with Crippen molar-refractivity contribution in [1.82, 2.24) is 4.90 Å². The minimum Gasteiger partial charge on any atom is -0.370 e.